The van der Waals surface area contributed by atoms with Crippen molar-refractivity contribution in [2.24, 2.45) is 0 Å². The van der Waals surface area contributed by atoms with Gasteiger partial charge in [0.25, 0.3) is 0 Å². The van der Waals surface area contributed by atoms with Crippen molar-refractivity contribution in [1.29, 1.82) is 0 Å². The minimum absolute atomic E-state index is 0.266. The Morgan fingerprint density at radius 2 is 2.00 bits per heavy atom. The zero-order chi connectivity index (χ0) is 13.5. The van der Waals surface area contributed by atoms with E-state index in [2.05, 4.69) is 0 Å². The second kappa shape index (κ2) is 4.60. The molecule has 1 aliphatic carbocycles. The quantitative estimate of drug-likeness (QED) is 0.891. The summed E-state index contributed by atoms with van der Waals surface area (Å²) in [4.78, 5) is 14.0. The Bertz CT molecular complexity index is 511. The summed E-state index contributed by atoms with van der Waals surface area (Å²) in [6.45, 7) is 1.59. The summed E-state index contributed by atoms with van der Waals surface area (Å²) in [5.74, 6) is -1.10. The molecule has 0 radical (unpaired) electrons. The molecule has 0 saturated carbocycles. The Balaban J connectivity index is 2.09. The maximum absolute atomic E-state index is 13.9. The summed E-state index contributed by atoms with van der Waals surface area (Å²) in [7, 11) is 0. The van der Waals surface area contributed by atoms with Crippen LogP contribution < -0.4 is 0 Å². The highest BCUT2D eigenvalue weighted by Gasteiger charge is 2.50. The zero-order valence-electron chi connectivity index (χ0n) is 10.9. The molecule has 1 heterocycles. The summed E-state index contributed by atoms with van der Waals surface area (Å²) in [6.07, 6.45) is 4.21. The number of hydrogen-bond donors (Lipinski definition) is 1. The fourth-order valence-electron chi connectivity index (χ4n) is 3.60. The fraction of sp³-hybridized carbons (Fsp3) is 0.533. The van der Waals surface area contributed by atoms with E-state index in [1.54, 1.807) is 12.1 Å². The van der Waals surface area contributed by atoms with E-state index in [0.717, 1.165) is 32.4 Å². The van der Waals surface area contributed by atoms with Crippen LogP contribution in [0.15, 0.2) is 18.2 Å². The van der Waals surface area contributed by atoms with Crippen LogP contribution in [0.1, 0.15) is 36.8 Å². The van der Waals surface area contributed by atoms with Crippen LogP contribution in [-0.2, 0) is 16.8 Å². The maximum Gasteiger partial charge on any atom is 0.328 e. The van der Waals surface area contributed by atoms with Crippen molar-refractivity contribution in [3.8, 4) is 0 Å². The number of hydrogen-bond acceptors (Lipinski definition) is 2. The minimum Gasteiger partial charge on any atom is -0.480 e. The third kappa shape index (κ3) is 1.77. The molecule has 1 aromatic carbocycles. The van der Waals surface area contributed by atoms with Gasteiger partial charge in [-0.15, -0.1) is 0 Å². The number of rotatable bonds is 2. The van der Waals surface area contributed by atoms with Gasteiger partial charge in [-0.3, -0.25) is 4.90 Å². The summed E-state index contributed by atoms with van der Waals surface area (Å²) < 4.78 is 13.9. The first-order valence-electron chi connectivity index (χ1n) is 6.92. The lowest BCUT2D eigenvalue weighted by Gasteiger charge is -2.40. The predicted octanol–water partition coefficient (Wildman–Crippen LogP) is 2.54. The Morgan fingerprint density at radius 3 is 2.68 bits per heavy atom. The van der Waals surface area contributed by atoms with Crippen LogP contribution in [0.5, 0.6) is 0 Å². The first kappa shape index (κ1) is 12.6. The lowest BCUT2D eigenvalue weighted by molar-refractivity contribution is -0.153. The Morgan fingerprint density at radius 1 is 1.26 bits per heavy atom. The number of halogens is 1. The Labute approximate surface area is 112 Å². The minimum atomic E-state index is -1.00. The lowest BCUT2D eigenvalue weighted by atomic mass is 9.88. The third-order valence-electron chi connectivity index (χ3n) is 4.55. The van der Waals surface area contributed by atoms with E-state index in [0.29, 0.717) is 24.0 Å². The molecule has 1 fully saturated rings. The third-order valence-corrected chi connectivity index (χ3v) is 4.55. The molecule has 0 spiro atoms. The summed E-state index contributed by atoms with van der Waals surface area (Å²) in [6, 6.07) is 4.84. The van der Waals surface area contributed by atoms with Crippen LogP contribution in [0, 0.1) is 5.82 Å². The van der Waals surface area contributed by atoms with Crippen LogP contribution in [0.25, 0.3) is 0 Å². The molecule has 2 aliphatic rings. The zero-order valence-corrected chi connectivity index (χ0v) is 10.9. The standard InChI is InChI=1S/C15H18FNO2/c16-13-6-4-5-12-11(13)7-8-15(12,14(18)19)17-9-2-1-3-10-17/h4-6H,1-3,7-10H2,(H,18,19). The molecule has 1 aliphatic heterocycles. The van der Waals surface area contributed by atoms with Gasteiger partial charge in [0.1, 0.15) is 11.4 Å². The van der Waals surface area contributed by atoms with Gasteiger partial charge in [-0.1, -0.05) is 18.6 Å². The molecule has 1 saturated heterocycles. The number of fused-ring (bicyclic) bond motifs is 1. The van der Waals surface area contributed by atoms with Crippen LogP contribution in [0.3, 0.4) is 0 Å². The molecule has 3 rings (SSSR count). The van der Waals surface area contributed by atoms with Crippen LogP contribution >= 0.6 is 0 Å². The van der Waals surface area contributed by atoms with E-state index in [1.165, 1.54) is 6.07 Å². The van der Waals surface area contributed by atoms with Gasteiger partial charge in [-0.2, -0.15) is 0 Å². The van der Waals surface area contributed by atoms with Gasteiger partial charge in [0.15, 0.2) is 0 Å². The topological polar surface area (TPSA) is 40.5 Å². The van der Waals surface area contributed by atoms with Gasteiger partial charge in [0.2, 0.25) is 0 Å². The summed E-state index contributed by atoms with van der Waals surface area (Å²) >= 11 is 0. The molecule has 3 nitrogen and oxygen atoms in total. The predicted molar refractivity (Wildman–Crippen MR) is 69.5 cm³/mol. The Kier molecular flexibility index (Phi) is 3.05. The first-order valence-corrected chi connectivity index (χ1v) is 6.92. The highest BCUT2D eigenvalue weighted by atomic mass is 19.1. The highest BCUT2D eigenvalue weighted by molar-refractivity contribution is 5.82. The van der Waals surface area contributed by atoms with Crippen LogP contribution in [0.4, 0.5) is 4.39 Å². The average molecular weight is 263 g/mol. The van der Waals surface area contributed by atoms with Crippen molar-refractivity contribution >= 4 is 5.97 Å². The van der Waals surface area contributed by atoms with Crippen molar-refractivity contribution < 1.29 is 14.3 Å². The Hall–Kier alpha value is -1.42. The summed E-state index contributed by atoms with van der Waals surface area (Å²) in [5.41, 5.74) is 0.259. The van der Waals surface area contributed by atoms with Gasteiger partial charge in [0.05, 0.1) is 0 Å². The average Bonchev–Trinajstić information content (AvgIpc) is 2.82. The smallest absolute Gasteiger partial charge is 0.328 e. The molecule has 1 N–H and O–H groups in total. The lowest BCUT2D eigenvalue weighted by Crippen LogP contribution is -2.52. The molecule has 1 aromatic rings. The SMILES string of the molecule is O=C(O)C1(N2CCCCC2)CCc2c(F)cccc21. The molecular formula is C15H18FNO2. The number of likely N-dealkylation sites (tertiary alicyclic amines) is 1. The summed E-state index contributed by atoms with van der Waals surface area (Å²) in [5, 5.41) is 9.79. The second-order valence-electron chi connectivity index (χ2n) is 5.48. The highest BCUT2D eigenvalue weighted by Crippen LogP contribution is 2.44. The van der Waals surface area contributed by atoms with Gasteiger partial charge in [-0.25, -0.2) is 9.18 Å². The monoisotopic (exact) mass is 263 g/mol. The van der Waals surface area contributed by atoms with Crippen molar-refractivity contribution in [1.82, 2.24) is 4.90 Å². The van der Waals surface area contributed by atoms with Gasteiger partial charge < -0.3 is 5.11 Å². The number of carboxylic acid groups (broad SMARTS) is 1. The molecular weight excluding hydrogens is 245 g/mol. The second-order valence-corrected chi connectivity index (χ2v) is 5.48. The number of benzene rings is 1. The molecule has 0 bridgehead atoms. The molecule has 1 unspecified atom stereocenters. The van der Waals surface area contributed by atoms with Crippen molar-refractivity contribution in [2.75, 3.05) is 13.1 Å². The largest absolute Gasteiger partial charge is 0.480 e. The van der Waals surface area contributed by atoms with E-state index >= 15 is 0 Å². The van der Waals surface area contributed by atoms with Gasteiger partial charge in [-0.05, 0) is 56.0 Å². The molecule has 0 aromatic heterocycles. The van der Waals surface area contributed by atoms with Crippen molar-refractivity contribution in [3.63, 3.8) is 0 Å². The van der Waals surface area contributed by atoms with Gasteiger partial charge >= 0.3 is 5.97 Å². The molecule has 19 heavy (non-hydrogen) atoms. The molecule has 4 heteroatoms. The molecule has 102 valence electrons. The normalized spacial score (nSPS) is 27.2. The van der Waals surface area contributed by atoms with Crippen LogP contribution in [-0.4, -0.2) is 29.1 Å². The number of carboxylic acids is 1. The van der Waals surface area contributed by atoms with E-state index in [9.17, 15) is 14.3 Å². The van der Waals surface area contributed by atoms with Crippen molar-refractivity contribution in [3.05, 3.63) is 35.1 Å². The van der Waals surface area contributed by atoms with E-state index in [-0.39, 0.29) is 5.82 Å². The van der Waals surface area contributed by atoms with E-state index < -0.39 is 11.5 Å². The number of nitrogens with zero attached hydrogens (tertiary/aromatic N) is 1. The van der Waals surface area contributed by atoms with Crippen LogP contribution in [0.2, 0.25) is 0 Å². The first-order chi connectivity index (χ1) is 9.16. The maximum atomic E-state index is 13.9. The van der Waals surface area contributed by atoms with Crippen molar-refractivity contribution in [2.45, 2.75) is 37.6 Å². The fourth-order valence-corrected chi connectivity index (χ4v) is 3.60. The number of carbonyl (C=O) groups is 1. The van der Waals surface area contributed by atoms with Gasteiger partial charge in [0, 0.05) is 0 Å². The van der Waals surface area contributed by atoms with E-state index in [1.807, 2.05) is 4.90 Å². The number of piperidine rings is 1. The molecule has 0 amide bonds. The number of aliphatic carboxylic acids is 1. The molecule has 1 atom stereocenters. The van der Waals surface area contributed by atoms with E-state index in [4.69, 9.17) is 0 Å².